The van der Waals surface area contributed by atoms with Gasteiger partial charge in [-0.3, -0.25) is 4.79 Å². The second kappa shape index (κ2) is 11.3. The first-order chi connectivity index (χ1) is 13.5. The molecule has 2 aromatic carbocycles. The van der Waals surface area contributed by atoms with Crippen LogP contribution in [0.5, 0.6) is 5.75 Å². The molecule has 0 fully saturated rings. The predicted octanol–water partition coefficient (Wildman–Crippen LogP) is 3.87. The lowest BCUT2D eigenvalue weighted by Crippen LogP contribution is -2.38. The zero-order valence-corrected chi connectivity index (χ0v) is 17.6. The number of rotatable bonds is 10. The molecule has 0 saturated carbocycles. The fourth-order valence-electron chi connectivity index (χ4n) is 2.62. The third-order valence-electron chi connectivity index (χ3n) is 4.18. The molecular formula is C22H24BrNO4. The molecule has 6 heteroatoms. The highest BCUT2D eigenvalue weighted by atomic mass is 79.9. The van der Waals surface area contributed by atoms with Gasteiger partial charge in [-0.25, -0.2) is 4.79 Å². The van der Waals surface area contributed by atoms with Gasteiger partial charge in [0.15, 0.2) is 5.78 Å². The van der Waals surface area contributed by atoms with E-state index in [0.717, 1.165) is 16.6 Å². The number of methoxy groups -OCH3 is 1. The maximum Gasteiger partial charge on any atom is 0.328 e. The van der Waals surface area contributed by atoms with Crippen LogP contribution in [0.15, 0.2) is 66.9 Å². The molecule has 2 rings (SSSR count). The molecule has 28 heavy (non-hydrogen) atoms. The van der Waals surface area contributed by atoms with Crippen molar-refractivity contribution in [2.75, 3.05) is 26.1 Å². The number of ether oxygens (including phenoxy) is 2. The van der Waals surface area contributed by atoms with Gasteiger partial charge in [0, 0.05) is 36.6 Å². The summed E-state index contributed by atoms with van der Waals surface area (Å²) in [5.41, 5.74) is 1.57. The number of esters is 1. The van der Waals surface area contributed by atoms with E-state index < -0.39 is 6.04 Å². The number of hydrogen-bond acceptors (Lipinski definition) is 5. The quantitative estimate of drug-likeness (QED) is 0.240. The minimum atomic E-state index is -0.542. The number of halogens is 1. The Morgan fingerprint density at radius 3 is 2.39 bits per heavy atom. The molecule has 1 unspecified atom stereocenters. The Bertz CT molecular complexity index is 790. The van der Waals surface area contributed by atoms with Gasteiger partial charge < -0.3 is 14.4 Å². The fourth-order valence-corrected chi connectivity index (χ4v) is 2.78. The molecule has 2 aromatic rings. The topological polar surface area (TPSA) is 55.8 Å². The Labute approximate surface area is 174 Å². The van der Waals surface area contributed by atoms with Crippen molar-refractivity contribution in [3.8, 4) is 5.75 Å². The predicted molar refractivity (Wildman–Crippen MR) is 113 cm³/mol. The van der Waals surface area contributed by atoms with Crippen LogP contribution in [0.2, 0.25) is 0 Å². The molecule has 0 amide bonds. The summed E-state index contributed by atoms with van der Waals surface area (Å²) < 4.78 is 10.5. The molecule has 148 valence electrons. The van der Waals surface area contributed by atoms with E-state index in [1.54, 1.807) is 30.3 Å². The van der Waals surface area contributed by atoms with Gasteiger partial charge in [-0.15, -0.1) is 0 Å². The van der Waals surface area contributed by atoms with Crippen LogP contribution in [0.3, 0.4) is 0 Å². The smallest absolute Gasteiger partial charge is 0.328 e. The van der Waals surface area contributed by atoms with Gasteiger partial charge in [0.1, 0.15) is 11.8 Å². The summed E-state index contributed by atoms with van der Waals surface area (Å²) in [6.45, 7) is 0.590. The van der Waals surface area contributed by atoms with Crippen molar-refractivity contribution >= 4 is 27.7 Å². The van der Waals surface area contributed by atoms with Crippen LogP contribution in [0.25, 0.3) is 0 Å². The second-order valence-corrected chi connectivity index (χ2v) is 6.93. The van der Waals surface area contributed by atoms with Crippen LogP contribution >= 0.6 is 15.9 Å². The van der Waals surface area contributed by atoms with Crippen LogP contribution in [0.4, 0.5) is 0 Å². The summed E-state index contributed by atoms with van der Waals surface area (Å²) in [4.78, 5) is 26.2. The molecule has 0 aliphatic rings. The lowest BCUT2D eigenvalue weighted by atomic mass is 10.0. The van der Waals surface area contributed by atoms with E-state index in [1.807, 2.05) is 42.5 Å². The largest absolute Gasteiger partial charge is 0.493 e. The molecule has 0 bridgehead atoms. The fraction of sp³-hybridized carbons (Fsp3) is 0.273. The van der Waals surface area contributed by atoms with E-state index in [-0.39, 0.29) is 11.8 Å². The molecule has 0 radical (unpaired) electrons. The molecule has 0 aromatic heterocycles. The highest BCUT2D eigenvalue weighted by Gasteiger charge is 2.23. The van der Waals surface area contributed by atoms with Crippen molar-refractivity contribution < 1.29 is 19.1 Å². The first-order valence-corrected chi connectivity index (χ1v) is 10.0. The Morgan fingerprint density at radius 1 is 1.11 bits per heavy atom. The van der Waals surface area contributed by atoms with E-state index in [0.29, 0.717) is 18.6 Å². The third-order valence-corrected chi connectivity index (χ3v) is 4.51. The number of carbonyl (C=O) groups is 2. The summed E-state index contributed by atoms with van der Waals surface area (Å²) in [5.74, 6) is 0.294. The Kier molecular flexibility index (Phi) is 8.75. The molecule has 0 aliphatic heterocycles. The van der Waals surface area contributed by atoms with E-state index in [9.17, 15) is 9.59 Å². The van der Waals surface area contributed by atoms with E-state index in [2.05, 4.69) is 15.9 Å². The van der Waals surface area contributed by atoms with Crippen LogP contribution < -0.4 is 4.74 Å². The molecule has 0 spiro atoms. The highest BCUT2D eigenvalue weighted by Crippen LogP contribution is 2.16. The Morgan fingerprint density at radius 2 is 1.79 bits per heavy atom. The summed E-state index contributed by atoms with van der Waals surface area (Å²) in [7, 11) is 3.11. The van der Waals surface area contributed by atoms with Gasteiger partial charge in [-0.05, 0) is 17.7 Å². The van der Waals surface area contributed by atoms with Crippen molar-refractivity contribution in [1.82, 2.24) is 4.90 Å². The number of allylic oxidation sites excluding steroid dienone is 1. The van der Waals surface area contributed by atoms with Gasteiger partial charge in [0.25, 0.3) is 0 Å². The average molecular weight is 446 g/mol. The Hall–Kier alpha value is -2.60. The van der Waals surface area contributed by atoms with Crippen molar-refractivity contribution in [3.05, 3.63) is 78.0 Å². The standard InChI is InChI=1S/C22H24BrNO4/c1-24(14-12-21(25)18-6-4-3-5-7-18)20(22(26)27-2)16-17-8-10-19(11-9-17)28-15-13-23/h3-12,14,20H,13,15-16H2,1-2H3. The van der Waals surface area contributed by atoms with Crippen molar-refractivity contribution in [2.24, 2.45) is 0 Å². The summed E-state index contributed by atoms with van der Waals surface area (Å²) in [5, 5.41) is 0.762. The number of nitrogens with zero attached hydrogens (tertiary/aromatic N) is 1. The van der Waals surface area contributed by atoms with Crippen LogP contribution in [0.1, 0.15) is 15.9 Å². The minimum absolute atomic E-state index is 0.121. The summed E-state index contributed by atoms with van der Waals surface area (Å²) >= 11 is 3.32. The van der Waals surface area contributed by atoms with Gasteiger partial charge in [-0.2, -0.15) is 0 Å². The number of carbonyl (C=O) groups excluding carboxylic acids is 2. The normalized spacial score (nSPS) is 11.8. The number of hydrogen-bond donors (Lipinski definition) is 0. The van der Waals surface area contributed by atoms with Gasteiger partial charge in [0.2, 0.25) is 0 Å². The van der Waals surface area contributed by atoms with Crippen LogP contribution in [-0.4, -0.2) is 48.8 Å². The van der Waals surface area contributed by atoms with E-state index >= 15 is 0 Å². The maximum atomic E-state index is 12.3. The molecule has 0 saturated heterocycles. The molecule has 1 atom stereocenters. The lowest BCUT2D eigenvalue weighted by Gasteiger charge is -2.24. The second-order valence-electron chi connectivity index (χ2n) is 6.14. The van der Waals surface area contributed by atoms with Gasteiger partial charge >= 0.3 is 5.97 Å². The van der Waals surface area contributed by atoms with E-state index in [1.165, 1.54) is 13.2 Å². The zero-order valence-electron chi connectivity index (χ0n) is 16.0. The summed E-state index contributed by atoms with van der Waals surface area (Å²) in [6.07, 6.45) is 3.53. The SMILES string of the molecule is COC(=O)C(Cc1ccc(OCCBr)cc1)N(C)C=CC(=O)c1ccccc1. The van der Waals surface area contributed by atoms with Gasteiger partial charge in [0.05, 0.1) is 13.7 Å². The maximum absolute atomic E-state index is 12.3. The van der Waals surface area contributed by atoms with Crippen LogP contribution in [-0.2, 0) is 16.0 Å². The zero-order chi connectivity index (χ0) is 20.4. The lowest BCUT2D eigenvalue weighted by molar-refractivity contribution is -0.145. The first-order valence-electron chi connectivity index (χ1n) is 8.90. The number of benzene rings is 2. The highest BCUT2D eigenvalue weighted by molar-refractivity contribution is 9.09. The monoisotopic (exact) mass is 445 g/mol. The molecule has 0 aliphatic carbocycles. The molecule has 5 nitrogen and oxygen atoms in total. The number of likely N-dealkylation sites (N-methyl/N-ethyl adjacent to an activating group) is 1. The number of alkyl halides is 1. The van der Waals surface area contributed by atoms with Crippen LogP contribution in [0, 0.1) is 0 Å². The third kappa shape index (κ3) is 6.53. The van der Waals surface area contributed by atoms with Crippen molar-refractivity contribution in [3.63, 3.8) is 0 Å². The minimum Gasteiger partial charge on any atom is -0.493 e. The number of ketones is 1. The van der Waals surface area contributed by atoms with Gasteiger partial charge in [-0.1, -0.05) is 58.4 Å². The summed E-state index contributed by atoms with van der Waals surface area (Å²) in [6, 6.07) is 16.0. The van der Waals surface area contributed by atoms with Crippen molar-refractivity contribution in [1.29, 1.82) is 0 Å². The van der Waals surface area contributed by atoms with Crippen molar-refractivity contribution in [2.45, 2.75) is 12.5 Å². The molecule has 0 heterocycles. The molecular weight excluding hydrogens is 422 g/mol. The van der Waals surface area contributed by atoms with E-state index in [4.69, 9.17) is 9.47 Å². The Balaban J connectivity index is 2.06. The first kappa shape index (κ1) is 21.7. The molecule has 0 N–H and O–H groups in total. The average Bonchev–Trinajstić information content (AvgIpc) is 2.75.